The number of carbonyl (C=O) groups excluding carboxylic acids is 1. The largest absolute Gasteiger partial charge is 0.480 e. The van der Waals surface area contributed by atoms with Crippen molar-refractivity contribution in [3.8, 4) is 0 Å². The maximum absolute atomic E-state index is 13.3. The number of benzene rings is 1. The van der Waals surface area contributed by atoms with Gasteiger partial charge in [0.15, 0.2) is 0 Å². The molecule has 1 aromatic rings. The summed E-state index contributed by atoms with van der Waals surface area (Å²) in [5.74, 6) is -2.19. The van der Waals surface area contributed by atoms with Crippen molar-refractivity contribution >= 4 is 27.8 Å². The van der Waals surface area contributed by atoms with Gasteiger partial charge in [0, 0.05) is 0 Å². The fraction of sp³-hybridized carbons (Fsp3) is 0.385. The zero-order chi connectivity index (χ0) is 14.6. The van der Waals surface area contributed by atoms with E-state index in [0.717, 1.165) is 0 Å². The van der Waals surface area contributed by atoms with E-state index >= 15 is 0 Å². The normalized spacial score (nSPS) is 12.3. The average molecular weight is 332 g/mol. The first kappa shape index (κ1) is 15.6. The van der Waals surface area contributed by atoms with E-state index in [1.807, 2.05) is 0 Å². The van der Waals surface area contributed by atoms with E-state index < -0.39 is 23.7 Å². The smallest absolute Gasteiger partial charge is 0.326 e. The van der Waals surface area contributed by atoms with Crippen LogP contribution in [0.1, 0.15) is 19.4 Å². The number of carboxylic acids is 1. The monoisotopic (exact) mass is 331 g/mol. The number of nitrogens with one attached hydrogen (secondary N) is 1. The van der Waals surface area contributed by atoms with Crippen molar-refractivity contribution in [1.29, 1.82) is 0 Å². The fourth-order valence-corrected chi connectivity index (χ4v) is 1.82. The summed E-state index contributed by atoms with van der Waals surface area (Å²) in [5, 5.41) is 11.4. The van der Waals surface area contributed by atoms with E-state index in [0.29, 0.717) is 10.0 Å². The van der Waals surface area contributed by atoms with Gasteiger partial charge in [-0.2, -0.15) is 0 Å². The lowest BCUT2D eigenvalue weighted by atomic mass is 10.0. The minimum Gasteiger partial charge on any atom is -0.480 e. The van der Waals surface area contributed by atoms with Gasteiger partial charge in [-0.25, -0.2) is 9.18 Å². The number of hydrogen-bond donors (Lipinski definition) is 2. The third-order valence-electron chi connectivity index (χ3n) is 2.60. The molecular weight excluding hydrogens is 317 g/mol. The highest BCUT2D eigenvalue weighted by Crippen LogP contribution is 2.16. The molecule has 0 saturated carbocycles. The molecule has 0 aliphatic heterocycles. The second kappa shape index (κ2) is 6.65. The van der Waals surface area contributed by atoms with Gasteiger partial charge in [0.1, 0.15) is 11.9 Å². The number of carboxylic acid groups (broad SMARTS) is 1. The highest BCUT2D eigenvalue weighted by atomic mass is 79.9. The van der Waals surface area contributed by atoms with Crippen LogP contribution in [0.3, 0.4) is 0 Å². The summed E-state index contributed by atoms with van der Waals surface area (Å²) in [4.78, 5) is 22.7. The molecule has 0 aliphatic rings. The molecular formula is C13H15BrFNO3. The molecule has 0 spiro atoms. The zero-order valence-corrected chi connectivity index (χ0v) is 12.2. The Kier molecular flexibility index (Phi) is 5.47. The molecule has 1 aromatic carbocycles. The third kappa shape index (κ3) is 4.63. The molecule has 0 aliphatic carbocycles. The van der Waals surface area contributed by atoms with Crippen LogP contribution in [0.2, 0.25) is 0 Å². The SMILES string of the molecule is CC(C)[C@@H](NC(=O)Cc1ccc(Br)c(F)c1)C(=O)O. The zero-order valence-electron chi connectivity index (χ0n) is 10.6. The van der Waals surface area contributed by atoms with Gasteiger partial charge in [-0.05, 0) is 39.5 Å². The first-order valence-electron chi connectivity index (χ1n) is 5.77. The topological polar surface area (TPSA) is 66.4 Å². The van der Waals surface area contributed by atoms with Gasteiger partial charge in [-0.1, -0.05) is 19.9 Å². The van der Waals surface area contributed by atoms with Gasteiger partial charge in [-0.15, -0.1) is 0 Å². The minimum absolute atomic E-state index is 0.0549. The second-order valence-corrected chi connectivity index (χ2v) is 5.41. The molecule has 0 radical (unpaired) electrons. The Morgan fingerprint density at radius 3 is 2.53 bits per heavy atom. The van der Waals surface area contributed by atoms with E-state index in [9.17, 15) is 14.0 Å². The quantitative estimate of drug-likeness (QED) is 0.870. The van der Waals surface area contributed by atoms with Crippen LogP contribution in [-0.4, -0.2) is 23.0 Å². The molecule has 0 heterocycles. The lowest BCUT2D eigenvalue weighted by molar-refractivity contribution is -0.143. The van der Waals surface area contributed by atoms with E-state index in [2.05, 4.69) is 21.2 Å². The summed E-state index contributed by atoms with van der Waals surface area (Å²) in [5.41, 5.74) is 0.492. The molecule has 0 fully saturated rings. The number of amides is 1. The van der Waals surface area contributed by atoms with Crippen LogP contribution in [0.5, 0.6) is 0 Å². The van der Waals surface area contributed by atoms with Crippen LogP contribution in [0, 0.1) is 11.7 Å². The molecule has 1 rings (SSSR count). The molecule has 6 heteroatoms. The highest BCUT2D eigenvalue weighted by molar-refractivity contribution is 9.10. The van der Waals surface area contributed by atoms with Crippen LogP contribution in [0.4, 0.5) is 4.39 Å². The summed E-state index contributed by atoms with van der Waals surface area (Å²) in [7, 11) is 0. The molecule has 2 N–H and O–H groups in total. The Labute approximate surface area is 119 Å². The van der Waals surface area contributed by atoms with E-state index in [-0.39, 0.29) is 12.3 Å². The van der Waals surface area contributed by atoms with Crippen molar-refractivity contribution in [2.24, 2.45) is 5.92 Å². The van der Waals surface area contributed by atoms with Crippen LogP contribution < -0.4 is 5.32 Å². The molecule has 0 bridgehead atoms. The predicted octanol–water partition coefficient (Wildman–Crippen LogP) is 2.36. The molecule has 19 heavy (non-hydrogen) atoms. The van der Waals surface area contributed by atoms with Crippen LogP contribution in [0.25, 0.3) is 0 Å². The van der Waals surface area contributed by atoms with Gasteiger partial charge < -0.3 is 10.4 Å². The molecule has 1 atom stereocenters. The average Bonchev–Trinajstić information content (AvgIpc) is 2.30. The van der Waals surface area contributed by atoms with Gasteiger partial charge in [0.2, 0.25) is 5.91 Å². The van der Waals surface area contributed by atoms with Crippen LogP contribution in [-0.2, 0) is 16.0 Å². The van der Waals surface area contributed by atoms with Crippen molar-refractivity contribution < 1.29 is 19.1 Å². The second-order valence-electron chi connectivity index (χ2n) is 4.55. The molecule has 4 nitrogen and oxygen atoms in total. The number of hydrogen-bond acceptors (Lipinski definition) is 2. The Morgan fingerprint density at radius 1 is 1.42 bits per heavy atom. The van der Waals surface area contributed by atoms with Crippen LogP contribution in [0.15, 0.2) is 22.7 Å². The van der Waals surface area contributed by atoms with E-state index in [4.69, 9.17) is 5.11 Å². The van der Waals surface area contributed by atoms with Crippen molar-refractivity contribution in [3.05, 3.63) is 34.1 Å². The summed E-state index contributed by atoms with van der Waals surface area (Å²) >= 11 is 3.02. The number of carbonyl (C=O) groups is 2. The maximum atomic E-state index is 13.3. The van der Waals surface area contributed by atoms with Crippen molar-refractivity contribution in [1.82, 2.24) is 5.32 Å². The molecule has 0 unspecified atom stereocenters. The summed E-state index contributed by atoms with van der Waals surface area (Å²) in [6.07, 6.45) is -0.0549. The van der Waals surface area contributed by atoms with Crippen molar-refractivity contribution in [3.63, 3.8) is 0 Å². The summed E-state index contributed by atoms with van der Waals surface area (Å²) in [6, 6.07) is 3.43. The molecule has 0 aromatic heterocycles. The summed E-state index contributed by atoms with van der Waals surface area (Å²) in [6.45, 7) is 3.41. The fourth-order valence-electron chi connectivity index (χ4n) is 1.57. The highest BCUT2D eigenvalue weighted by Gasteiger charge is 2.23. The Morgan fingerprint density at radius 2 is 2.05 bits per heavy atom. The van der Waals surface area contributed by atoms with Gasteiger partial charge >= 0.3 is 5.97 Å². The third-order valence-corrected chi connectivity index (χ3v) is 3.24. The summed E-state index contributed by atoms with van der Waals surface area (Å²) < 4.78 is 13.6. The van der Waals surface area contributed by atoms with Gasteiger partial charge in [-0.3, -0.25) is 4.79 Å². The number of aliphatic carboxylic acids is 1. The standard InChI is InChI=1S/C13H15BrFNO3/c1-7(2)12(13(18)19)16-11(17)6-8-3-4-9(14)10(15)5-8/h3-5,7,12H,6H2,1-2H3,(H,16,17)(H,18,19)/t12-/m1/s1. The molecule has 1 amide bonds. The molecule has 104 valence electrons. The number of halogens is 2. The van der Waals surface area contributed by atoms with E-state index in [1.165, 1.54) is 12.1 Å². The molecule has 0 saturated heterocycles. The minimum atomic E-state index is -1.08. The van der Waals surface area contributed by atoms with Gasteiger partial charge in [0.25, 0.3) is 0 Å². The Bertz CT molecular complexity index is 491. The Balaban J connectivity index is 2.69. The first-order valence-corrected chi connectivity index (χ1v) is 6.56. The van der Waals surface area contributed by atoms with Crippen molar-refractivity contribution in [2.75, 3.05) is 0 Å². The number of rotatable bonds is 5. The lowest BCUT2D eigenvalue weighted by Gasteiger charge is -2.17. The first-order chi connectivity index (χ1) is 8.81. The van der Waals surface area contributed by atoms with Crippen LogP contribution >= 0.6 is 15.9 Å². The van der Waals surface area contributed by atoms with E-state index in [1.54, 1.807) is 19.9 Å². The maximum Gasteiger partial charge on any atom is 0.326 e. The predicted molar refractivity (Wildman–Crippen MR) is 72.2 cm³/mol. The van der Waals surface area contributed by atoms with Crippen molar-refractivity contribution in [2.45, 2.75) is 26.3 Å². The lowest BCUT2D eigenvalue weighted by Crippen LogP contribution is -2.44. The van der Waals surface area contributed by atoms with Gasteiger partial charge in [0.05, 0.1) is 10.9 Å². The Hall–Kier alpha value is -1.43.